The normalized spacial score (nSPS) is 23.3. The first-order chi connectivity index (χ1) is 9.22. The molecule has 2 rings (SSSR count). The SMILES string of the molecule is CCCc1nnsc1C(=O)NCC1CCCCC1Br. The topological polar surface area (TPSA) is 54.9 Å². The maximum atomic E-state index is 12.2. The monoisotopic (exact) mass is 345 g/mol. The Kier molecular flexibility index (Phi) is 5.76. The molecule has 4 nitrogen and oxygen atoms in total. The van der Waals surface area contributed by atoms with E-state index in [-0.39, 0.29) is 5.91 Å². The number of carbonyl (C=O) groups is 1. The van der Waals surface area contributed by atoms with Gasteiger partial charge >= 0.3 is 0 Å². The third kappa shape index (κ3) is 3.99. The van der Waals surface area contributed by atoms with Gasteiger partial charge in [0.1, 0.15) is 4.88 Å². The van der Waals surface area contributed by atoms with Crippen LogP contribution in [0.15, 0.2) is 0 Å². The molecular weight excluding hydrogens is 326 g/mol. The summed E-state index contributed by atoms with van der Waals surface area (Å²) in [5.74, 6) is 0.539. The lowest BCUT2D eigenvalue weighted by Gasteiger charge is -2.27. The number of halogens is 1. The van der Waals surface area contributed by atoms with E-state index < -0.39 is 0 Å². The van der Waals surface area contributed by atoms with Gasteiger partial charge in [-0.15, -0.1) is 5.10 Å². The Morgan fingerprint density at radius 3 is 3.00 bits per heavy atom. The molecule has 6 heteroatoms. The predicted octanol–water partition coefficient (Wildman–Crippen LogP) is 3.17. The first-order valence-electron chi connectivity index (χ1n) is 6.95. The first-order valence-corrected chi connectivity index (χ1v) is 8.64. The molecule has 0 saturated heterocycles. The van der Waals surface area contributed by atoms with Gasteiger partial charge < -0.3 is 5.32 Å². The zero-order chi connectivity index (χ0) is 13.7. The Balaban J connectivity index is 1.88. The zero-order valence-corrected chi connectivity index (χ0v) is 13.6. The molecule has 1 aliphatic carbocycles. The van der Waals surface area contributed by atoms with Crippen LogP contribution >= 0.6 is 27.5 Å². The number of nitrogens with zero attached hydrogens (tertiary/aromatic N) is 2. The summed E-state index contributed by atoms with van der Waals surface area (Å²) >= 11 is 4.92. The molecule has 1 N–H and O–H groups in total. The largest absolute Gasteiger partial charge is 0.351 e. The van der Waals surface area contributed by atoms with Crippen molar-refractivity contribution in [2.75, 3.05) is 6.54 Å². The third-order valence-electron chi connectivity index (χ3n) is 3.59. The van der Waals surface area contributed by atoms with Crippen molar-refractivity contribution in [1.29, 1.82) is 0 Å². The quantitative estimate of drug-likeness (QED) is 0.833. The molecule has 1 fully saturated rings. The third-order valence-corrected chi connectivity index (χ3v) is 5.56. The number of amides is 1. The van der Waals surface area contributed by atoms with Crippen LogP contribution < -0.4 is 5.32 Å². The molecule has 1 aliphatic rings. The molecule has 0 aliphatic heterocycles. The van der Waals surface area contributed by atoms with Crippen LogP contribution in [0.1, 0.15) is 54.4 Å². The molecule has 2 atom stereocenters. The number of nitrogens with one attached hydrogen (secondary N) is 1. The van der Waals surface area contributed by atoms with Gasteiger partial charge in [-0.05, 0) is 36.7 Å². The highest BCUT2D eigenvalue weighted by molar-refractivity contribution is 9.09. The Morgan fingerprint density at radius 2 is 2.26 bits per heavy atom. The lowest BCUT2D eigenvalue weighted by molar-refractivity contribution is 0.0947. The minimum atomic E-state index is -0.0104. The van der Waals surface area contributed by atoms with E-state index in [4.69, 9.17) is 0 Å². The molecule has 19 heavy (non-hydrogen) atoms. The highest BCUT2D eigenvalue weighted by atomic mass is 79.9. The second-order valence-electron chi connectivity index (χ2n) is 5.07. The van der Waals surface area contributed by atoms with Crippen LogP contribution in [-0.4, -0.2) is 26.9 Å². The lowest BCUT2D eigenvalue weighted by atomic mass is 9.89. The van der Waals surface area contributed by atoms with Gasteiger partial charge in [0.2, 0.25) is 0 Å². The van der Waals surface area contributed by atoms with Crippen LogP contribution in [0.5, 0.6) is 0 Å². The summed E-state index contributed by atoms with van der Waals surface area (Å²) in [5.41, 5.74) is 0.837. The van der Waals surface area contributed by atoms with Crippen molar-refractivity contribution < 1.29 is 4.79 Å². The van der Waals surface area contributed by atoms with E-state index in [9.17, 15) is 4.79 Å². The summed E-state index contributed by atoms with van der Waals surface area (Å²) in [7, 11) is 0. The summed E-state index contributed by atoms with van der Waals surface area (Å²) in [6.45, 7) is 2.83. The minimum Gasteiger partial charge on any atom is -0.351 e. The number of alkyl halides is 1. The smallest absolute Gasteiger partial charge is 0.264 e. The Hall–Kier alpha value is -0.490. The molecular formula is C13H20BrN3OS. The van der Waals surface area contributed by atoms with Crippen molar-refractivity contribution in [2.24, 2.45) is 5.92 Å². The summed E-state index contributed by atoms with van der Waals surface area (Å²) in [4.78, 5) is 13.4. The summed E-state index contributed by atoms with van der Waals surface area (Å²) in [5, 5.41) is 7.08. The van der Waals surface area contributed by atoms with E-state index in [1.807, 2.05) is 0 Å². The van der Waals surface area contributed by atoms with Crippen molar-refractivity contribution in [3.8, 4) is 0 Å². The average molecular weight is 346 g/mol. The van der Waals surface area contributed by atoms with Crippen LogP contribution in [0, 0.1) is 5.92 Å². The maximum Gasteiger partial charge on any atom is 0.264 e. The molecule has 0 bridgehead atoms. The maximum absolute atomic E-state index is 12.2. The highest BCUT2D eigenvalue weighted by Gasteiger charge is 2.24. The standard InChI is InChI=1S/C13H20BrN3OS/c1-2-5-11-12(19-17-16-11)13(18)15-8-9-6-3-4-7-10(9)14/h9-10H,2-8H2,1H3,(H,15,18). The van der Waals surface area contributed by atoms with Crippen LogP contribution in [0.2, 0.25) is 0 Å². The molecule has 1 saturated carbocycles. The van der Waals surface area contributed by atoms with Crippen molar-refractivity contribution in [2.45, 2.75) is 50.3 Å². The number of hydrogen-bond donors (Lipinski definition) is 1. The summed E-state index contributed by atoms with van der Waals surface area (Å²) in [6.07, 6.45) is 6.77. The van der Waals surface area contributed by atoms with Gasteiger partial charge in [0.05, 0.1) is 5.69 Å². The van der Waals surface area contributed by atoms with Gasteiger partial charge in [-0.2, -0.15) is 0 Å². The zero-order valence-electron chi connectivity index (χ0n) is 11.2. The predicted molar refractivity (Wildman–Crippen MR) is 80.9 cm³/mol. The van der Waals surface area contributed by atoms with Crippen molar-refractivity contribution in [3.63, 3.8) is 0 Å². The van der Waals surface area contributed by atoms with Crippen LogP contribution in [0.3, 0.4) is 0 Å². The number of hydrogen-bond acceptors (Lipinski definition) is 4. The molecule has 106 valence electrons. The minimum absolute atomic E-state index is 0.0104. The molecule has 0 radical (unpaired) electrons. The Bertz CT molecular complexity index is 424. The lowest BCUT2D eigenvalue weighted by Crippen LogP contribution is -2.34. The Labute approximate surface area is 126 Å². The molecule has 0 aromatic carbocycles. The molecule has 1 aromatic heterocycles. The van der Waals surface area contributed by atoms with Crippen LogP contribution in [0.4, 0.5) is 0 Å². The molecule has 2 unspecified atom stereocenters. The molecule has 1 heterocycles. The van der Waals surface area contributed by atoms with E-state index in [0.29, 0.717) is 15.6 Å². The van der Waals surface area contributed by atoms with Crippen molar-refractivity contribution >= 4 is 33.4 Å². The van der Waals surface area contributed by atoms with Crippen LogP contribution in [-0.2, 0) is 6.42 Å². The van der Waals surface area contributed by atoms with Crippen molar-refractivity contribution in [3.05, 3.63) is 10.6 Å². The van der Waals surface area contributed by atoms with Gasteiger partial charge in [0.15, 0.2) is 0 Å². The summed E-state index contributed by atoms with van der Waals surface area (Å²) < 4.78 is 3.89. The van der Waals surface area contributed by atoms with E-state index in [0.717, 1.165) is 25.1 Å². The fourth-order valence-electron chi connectivity index (χ4n) is 2.48. The Morgan fingerprint density at radius 1 is 1.47 bits per heavy atom. The van der Waals surface area contributed by atoms with E-state index in [1.54, 1.807) is 0 Å². The van der Waals surface area contributed by atoms with Crippen LogP contribution in [0.25, 0.3) is 0 Å². The number of carbonyl (C=O) groups excluding carboxylic acids is 1. The molecule has 0 spiro atoms. The fourth-order valence-corrected chi connectivity index (χ4v) is 3.88. The summed E-state index contributed by atoms with van der Waals surface area (Å²) in [6, 6.07) is 0. The van der Waals surface area contributed by atoms with Gasteiger partial charge in [-0.3, -0.25) is 4.79 Å². The number of aryl methyl sites for hydroxylation is 1. The highest BCUT2D eigenvalue weighted by Crippen LogP contribution is 2.29. The number of aromatic nitrogens is 2. The van der Waals surface area contributed by atoms with Gasteiger partial charge in [-0.25, -0.2) is 0 Å². The van der Waals surface area contributed by atoms with E-state index in [2.05, 4.69) is 37.8 Å². The van der Waals surface area contributed by atoms with Gasteiger partial charge in [0.25, 0.3) is 5.91 Å². The van der Waals surface area contributed by atoms with Gasteiger partial charge in [-0.1, -0.05) is 46.6 Å². The second-order valence-corrected chi connectivity index (χ2v) is 7.00. The molecule has 1 aromatic rings. The van der Waals surface area contributed by atoms with E-state index in [1.165, 1.54) is 37.2 Å². The fraction of sp³-hybridized carbons (Fsp3) is 0.769. The second kappa shape index (κ2) is 7.33. The van der Waals surface area contributed by atoms with E-state index >= 15 is 0 Å². The molecule has 1 amide bonds. The van der Waals surface area contributed by atoms with Gasteiger partial charge in [0, 0.05) is 11.4 Å². The first kappa shape index (κ1) is 14.9. The average Bonchev–Trinajstić information content (AvgIpc) is 2.86. The van der Waals surface area contributed by atoms with Crippen molar-refractivity contribution in [1.82, 2.24) is 14.9 Å². The number of rotatable bonds is 5.